The van der Waals surface area contributed by atoms with Crippen LogP contribution in [0.2, 0.25) is 18.1 Å². The van der Waals surface area contributed by atoms with Crippen molar-refractivity contribution < 1.29 is 19.1 Å². The maximum absolute atomic E-state index is 12.1. The number of pyridine rings is 1. The Hall–Kier alpha value is -1.29. The summed E-state index contributed by atoms with van der Waals surface area (Å²) in [5.41, 5.74) is 5.30. The van der Waals surface area contributed by atoms with Gasteiger partial charge in [0.05, 0.1) is 24.0 Å². The number of rotatable bonds is 7. The van der Waals surface area contributed by atoms with E-state index in [1.807, 2.05) is 12.1 Å². The average Bonchev–Trinajstić information content (AvgIpc) is 2.76. The molecule has 5 nitrogen and oxygen atoms in total. The van der Waals surface area contributed by atoms with Crippen LogP contribution in [0.1, 0.15) is 118 Å². The van der Waals surface area contributed by atoms with Crippen molar-refractivity contribution in [3.8, 4) is 0 Å². The summed E-state index contributed by atoms with van der Waals surface area (Å²) in [6.45, 7) is 22.4. The first-order valence-electron chi connectivity index (χ1n) is 13.3. The summed E-state index contributed by atoms with van der Waals surface area (Å²) in [5, 5.41) is 11.8. The summed E-state index contributed by atoms with van der Waals surface area (Å²) >= 11 is 2.41. The Morgan fingerprint density at radius 2 is 1.81 bits per heavy atom. The lowest BCUT2D eigenvalue weighted by molar-refractivity contribution is 0.0526. The highest BCUT2D eigenvalue weighted by atomic mass is 127. The quantitative estimate of drug-likeness (QED) is 0.189. The second-order valence-electron chi connectivity index (χ2n) is 12.9. The molecule has 1 N–H and O–H groups in total. The van der Waals surface area contributed by atoms with Crippen molar-refractivity contribution in [3.63, 3.8) is 0 Å². The van der Waals surface area contributed by atoms with E-state index in [0.29, 0.717) is 12.2 Å². The lowest BCUT2D eigenvalue weighted by Crippen LogP contribution is -2.44. The lowest BCUT2D eigenvalue weighted by Gasteiger charge is -2.44. The molecule has 3 rings (SSSR count). The van der Waals surface area contributed by atoms with Crippen LogP contribution in [-0.4, -0.2) is 31.0 Å². The third-order valence-corrected chi connectivity index (χ3v) is 13.5. The third kappa shape index (κ3) is 6.48. The molecule has 1 heterocycles. The fourth-order valence-corrected chi connectivity index (χ4v) is 7.25. The Morgan fingerprint density at radius 1 is 1.22 bits per heavy atom. The van der Waals surface area contributed by atoms with Crippen LogP contribution in [0, 0.1) is 8.99 Å². The number of aliphatic hydroxyl groups is 1. The van der Waals surface area contributed by atoms with Crippen molar-refractivity contribution in [1.29, 1.82) is 0 Å². The van der Waals surface area contributed by atoms with Crippen molar-refractivity contribution in [2.45, 2.75) is 104 Å². The second kappa shape index (κ2) is 11.1. The molecule has 1 aromatic carbocycles. The summed E-state index contributed by atoms with van der Waals surface area (Å²) in [6.07, 6.45) is 0.897. The van der Waals surface area contributed by atoms with Crippen molar-refractivity contribution >= 4 is 36.9 Å². The van der Waals surface area contributed by atoms with Gasteiger partial charge in [-0.3, -0.25) is 4.98 Å². The molecule has 1 aliphatic rings. The second-order valence-corrected chi connectivity index (χ2v) is 18.7. The summed E-state index contributed by atoms with van der Waals surface area (Å²) in [7, 11) is -2.05. The van der Waals surface area contributed by atoms with Crippen LogP contribution in [-0.2, 0) is 15.6 Å². The Kier molecular flexibility index (Phi) is 9.04. The highest BCUT2D eigenvalue weighted by Gasteiger charge is 2.44. The van der Waals surface area contributed by atoms with Crippen LogP contribution in [0.4, 0.5) is 0 Å². The Labute approximate surface area is 238 Å². The van der Waals surface area contributed by atoms with Gasteiger partial charge in [-0.2, -0.15) is 0 Å². The molecule has 7 heteroatoms. The van der Waals surface area contributed by atoms with Gasteiger partial charge in [0.2, 0.25) is 0 Å². The van der Waals surface area contributed by atoms with Crippen LogP contribution in [0.15, 0.2) is 24.3 Å². The molecule has 37 heavy (non-hydrogen) atoms. The maximum Gasteiger partial charge on any atom is 0.338 e. The minimum absolute atomic E-state index is 0.0580. The largest absolute Gasteiger partial charge is 0.462 e. The Morgan fingerprint density at radius 3 is 2.32 bits per heavy atom. The standard InChI is InChI=1S/C30H44INO4Si/c1-11-35-28(34)20-14-12-19(13-15-20)27(33)24-25(31)23-21(32-26(24)18(2)3)16-30(7,8)17-22(23)36-37(9,10)29(4,5)6/h12-15,18,22,27,33H,11,16-17H2,1-10H3. The van der Waals surface area contributed by atoms with Gasteiger partial charge in [0.25, 0.3) is 0 Å². The molecule has 0 saturated heterocycles. The van der Waals surface area contributed by atoms with Gasteiger partial charge >= 0.3 is 5.97 Å². The molecule has 1 aromatic heterocycles. The number of aliphatic hydroxyl groups excluding tert-OH is 1. The first-order chi connectivity index (χ1) is 17.0. The molecule has 2 aromatic rings. The van der Waals surface area contributed by atoms with Crippen molar-refractivity contribution in [1.82, 2.24) is 4.98 Å². The molecule has 204 valence electrons. The minimum atomic E-state index is -2.05. The number of hydrogen-bond acceptors (Lipinski definition) is 5. The molecule has 0 amide bonds. The number of halogens is 1. The topological polar surface area (TPSA) is 68.7 Å². The average molecular weight is 638 g/mol. The number of ether oxygens (including phenoxy) is 1. The van der Waals surface area contributed by atoms with Gasteiger partial charge in [0.1, 0.15) is 6.10 Å². The van der Waals surface area contributed by atoms with E-state index in [2.05, 4.69) is 84.2 Å². The zero-order valence-electron chi connectivity index (χ0n) is 24.2. The fourth-order valence-electron chi connectivity index (χ4n) is 4.76. The van der Waals surface area contributed by atoms with E-state index in [-0.39, 0.29) is 28.4 Å². The van der Waals surface area contributed by atoms with Gasteiger partial charge in [0, 0.05) is 20.4 Å². The van der Waals surface area contributed by atoms with Crippen molar-refractivity contribution in [2.24, 2.45) is 5.41 Å². The van der Waals surface area contributed by atoms with Gasteiger partial charge in [0.15, 0.2) is 8.32 Å². The number of carbonyl (C=O) groups excluding carboxylic acids is 1. The van der Waals surface area contributed by atoms with Crippen LogP contribution >= 0.6 is 22.6 Å². The van der Waals surface area contributed by atoms with Gasteiger partial charge in [-0.25, -0.2) is 4.79 Å². The molecule has 2 unspecified atom stereocenters. The van der Waals surface area contributed by atoms with Crippen molar-refractivity contribution in [2.75, 3.05) is 6.61 Å². The van der Waals surface area contributed by atoms with Crippen LogP contribution < -0.4 is 0 Å². The SMILES string of the molecule is CCOC(=O)c1ccc(C(O)c2c(C(C)C)nc3c(c2I)C(O[Si](C)(C)C(C)(C)C)CC(C)(C)C3)cc1. The van der Waals surface area contributed by atoms with E-state index >= 15 is 0 Å². The normalized spacial score (nSPS) is 18.5. The lowest BCUT2D eigenvalue weighted by atomic mass is 9.74. The molecular formula is C30H44INO4Si. The first kappa shape index (κ1) is 30.3. The van der Waals surface area contributed by atoms with Gasteiger partial charge in [-0.05, 0) is 89.5 Å². The van der Waals surface area contributed by atoms with E-state index < -0.39 is 14.4 Å². The zero-order valence-corrected chi connectivity index (χ0v) is 27.3. The summed E-state index contributed by atoms with van der Waals surface area (Å²) in [5.74, 6) is -0.211. The van der Waals surface area contributed by atoms with E-state index in [1.54, 1.807) is 19.1 Å². The monoisotopic (exact) mass is 637 g/mol. The fraction of sp³-hybridized carbons (Fsp3) is 0.600. The molecule has 0 aliphatic heterocycles. The molecule has 0 spiro atoms. The highest BCUT2D eigenvalue weighted by Crippen LogP contribution is 2.50. The number of hydrogen-bond donors (Lipinski definition) is 1. The number of benzene rings is 1. The summed E-state index contributed by atoms with van der Waals surface area (Å²) < 4.78 is 13.2. The van der Waals surface area contributed by atoms with Crippen LogP contribution in [0.25, 0.3) is 0 Å². The maximum atomic E-state index is 12.1. The first-order valence-corrected chi connectivity index (χ1v) is 17.3. The molecule has 0 radical (unpaired) electrons. The molecule has 2 atom stereocenters. The number of aromatic nitrogens is 1. The molecule has 0 fully saturated rings. The number of carbonyl (C=O) groups is 1. The molecule has 0 saturated carbocycles. The minimum Gasteiger partial charge on any atom is -0.462 e. The van der Waals surface area contributed by atoms with E-state index in [1.165, 1.54) is 0 Å². The number of esters is 1. The zero-order chi connectivity index (χ0) is 27.9. The number of nitrogens with zero attached hydrogens (tertiary/aromatic N) is 1. The Bertz CT molecular complexity index is 1140. The summed E-state index contributed by atoms with van der Waals surface area (Å²) in [6, 6.07) is 7.05. The van der Waals surface area contributed by atoms with Gasteiger partial charge in [-0.1, -0.05) is 60.6 Å². The van der Waals surface area contributed by atoms with Gasteiger partial charge in [-0.15, -0.1) is 0 Å². The predicted molar refractivity (Wildman–Crippen MR) is 161 cm³/mol. The molecular weight excluding hydrogens is 593 g/mol. The van der Waals surface area contributed by atoms with Crippen molar-refractivity contribution in [3.05, 3.63) is 61.5 Å². The Balaban J connectivity index is 2.14. The molecule has 0 bridgehead atoms. The highest BCUT2D eigenvalue weighted by molar-refractivity contribution is 14.1. The predicted octanol–water partition coefficient (Wildman–Crippen LogP) is 8.10. The van der Waals surface area contributed by atoms with E-state index in [9.17, 15) is 9.90 Å². The number of fused-ring (bicyclic) bond motifs is 1. The third-order valence-electron chi connectivity index (χ3n) is 7.82. The summed E-state index contributed by atoms with van der Waals surface area (Å²) in [4.78, 5) is 17.3. The smallest absolute Gasteiger partial charge is 0.338 e. The van der Waals surface area contributed by atoms with Crippen LogP contribution in [0.3, 0.4) is 0 Å². The van der Waals surface area contributed by atoms with Gasteiger partial charge < -0.3 is 14.3 Å². The van der Waals surface area contributed by atoms with E-state index in [4.69, 9.17) is 14.1 Å². The van der Waals surface area contributed by atoms with E-state index in [0.717, 1.165) is 44.5 Å². The van der Waals surface area contributed by atoms with Crippen LogP contribution in [0.5, 0.6) is 0 Å². The molecule has 1 aliphatic carbocycles.